The minimum Gasteiger partial charge on any atom is -0.324 e. The van der Waals surface area contributed by atoms with Crippen LogP contribution in [0.5, 0.6) is 0 Å². The Labute approximate surface area is 172 Å². The minimum absolute atomic E-state index is 0.310. The molecule has 0 spiro atoms. The Hall–Kier alpha value is -2.99. The molecule has 7 heteroatoms. The van der Waals surface area contributed by atoms with Gasteiger partial charge in [-0.3, -0.25) is 0 Å². The van der Waals surface area contributed by atoms with Gasteiger partial charge < -0.3 is 5.32 Å². The van der Waals surface area contributed by atoms with Gasteiger partial charge in [-0.25, -0.2) is 18.9 Å². The highest BCUT2D eigenvalue weighted by atomic mass is 35.5. The Morgan fingerprint density at radius 1 is 1.14 bits per heavy atom. The summed E-state index contributed by atoms with van der Waals surface area (Å²) in [4.78, 5) is 8.99. The number of rotatable bonds is 5. The fourth-order valence-electron chi connectivity index (χ4n) is 3.50. The van der Waals surface area contributed by atoms with Crippen molar-refractivity contribution in [3.05, 3.63) is 70.9 Å². The number of hydrogen-bond donors (Lipinski definition) is 1. The lowest BCUT2D eigenvalue weighted by molar-refractivity contribution is 0.625. The first kappa shape index (κ1) is 18.1. The van der Waals surface area contributed by atoms with E-state index >= 15 is 0 Å². The van der Waals surface area contributed by atoms with Crippen LogP contribution < -0.4 is 5.32 Å². The average molecular weight is 408 g/mol. The zero-order valence-corrected chi connectivity index (χ0v) is 16.6. The summed E-state index contributed by atoms with van der Waals surface area (Å²) >= 11 is 6.32. The molecule has 0 amide bonds. The third kappa shape index (κ3) is 3.56. The Bertz CT molecular complexity index is 1200. The maximum atomic E-state index is 14.0. The van der Waals surface area contributed by atoms with E-state index in [0.717, 1.165) is 36.2 Å². The number of hydrogen-bond acceptors (Lipinski definition) is 4. The molecule has 5 rings (SSSR count). The lowest BCUT2D eigenvalue weighted by atomic mass is 10.1. The molecule has 0 aliphatic heterocycles. The van der Waals surface area contributed by atoms with E-state index < -0.39 is 0 Å². The smallest absolute Gasteiger partial charge is 0.229 e. The second-order valence-corrected chi connectivity index (χ2v) is 7.67. The Morgan fingerprint density at radius 2 is 1.93 bits per heavy atom. The molecule has 5 nitrogen and oxygen atoms in total. The van der Waals surface area contributed by atoms with Crippen molar-refractivity contribution in [1.29, 1.82) is 0 Å². The number of aryl methyl sites for hydroxylation is 1. The van der Waals surface area contributed by atoms with Crippen LogP contribution >= 0.6 is 11.6 Å². The molecule has 1 fully saturated rings. The first-order valence-electron chi connectivity index (χ1n) is 9.69. The molecule has 0 radical (unpaired) electrons. The monoisotopic (exact) mass is 407 g/mol. The van der Waals surface area contributed by atoms with Crippen LogP contribution in [0.2, 0.25) is 5.15 Å². The van der Waals surface area contributed by atoms with Crippen LogP contribution in [0.4, 0.5) is 16.0 Å². The summed E-state index contributed by atoms with van der Waals surface area (Å²) in [6.45, 7) is 2.12. The molecular weight excluding hydrogens is 389 g/mol. The van der Waals surface area contributed by atoms with Crippen molar-refractivity contribution in [2.24, 2.45) is 0 Å². The molecule has 29 heavy (non-hydrogen) atoms. The van der Waals surface area contributed by atoms with Crippen LogP contribution in [0.15, 0.2) is 48.7 Å². The van der Waals surface area contributed by atoms with Crippen molar-refractivity contribution >= 4 is 28.8 Å². The summed E-state index contributed by atoms with van der Waals surface area (Å²) in [5, 5.41) is 8.21. The van der Waals surface area contributed by atoms with E-state index in [1.54, 1.807) is 16.8 Å². The standard InChI is InChI=1S/C22H19ClFN5/c1-2-13-3-7-16(8-4-13)25-22-26-17(12-19(23)27-22)20-18-11-15(24)9-10-29(18)28-21(20)14-5-6-14/h3-4,7-12,14H,2,5-6H2,1H3,(H,25,26,27). The topological polar surface area (TPSA) is 55.1 Å². The Morgan fingerprint density at radius 3 is 2.66 bits per heavy atom. The third-order valence-electron chi connectivity index (χ3n) is 5.16. The van der Waals surface area contributed by atoms with E-state index in [9.17, 15) is 4.39 Å². The number of anilines is 2. The molecule has 1 aliphatic rings. The number of pyridine rings is 1. The summed E-state index contributed by atoms with van der Waals surface area (Å²) in [6.07, 6.45) is 4.77. The Kier molecular flexibility index (Phi) is 4.43. The zero-order chi connectivity index (χ0) is 20.0. The van der Waals surface area contributed by atoms with Crippen LogP contribution in [0.25, 0.3) is 16.8 Å². The molecule has 146 valence electrons. The first-order valence-corrected chi connectivity index (χ1v) is 10.1. The lowest BCUT2D eigenvalue weighted by Gasteiger charge is -2.09. The molecule has 0 bridgehead atoms. The number of nitrogens with one attached hydrogen (secondary N) is 1. The molecule has 0 atom stereocenters. The molecule has 4 aromatic rings. The van der Waals surface area contributed by atoms with Crippen LogP contribution in [0, 0.1) is 5.82 Å². The summed E-state index contributed by atoms with van der Waals surface area (Å²) in [6, 6.07) is 12.7. The summed E-state index contributed by atoms with van der Waals surface area (Å²) < 4.78 is 15.7. The SMILES string of the molecule is CCc1ccc(Nc2nc(Cl)cc(-c3c(C4CC4)nn4ccc(F)cc34)n2)cc1. The highest BCUT2D eigenvalue weighted by Crippen LogP contribution is 2.45. The average Bonchev–Trinajstić information content (AvgIpc) is 3.49. The predicted molar refractivity (Wildman–Crippen MR) is 112 cm³/mol. The van der Waals surface area contributed by atoms with Crippen LogP contribution in [-0.2, 0) is 6.42 Å². The third-order valence-corrected chi connectivity index (χ3v) is 5.35. The number of fused-ring (bicyclic) bond motifs is 1. The van der Waals surface area contributed by atoms with Crippen molar-refractivity contribution < 1.29 is 4.39 Å². The molecule has 1 N–H and O–H groups in total. The normalized spacial score (nSPS) is 13.8. The van der Waals surface area contributed by atoms with E-state index in [-0.39, 0.29) is 5.82 Å². The van der Waals surface area contributed by atoms with Crippen LogP contribution in [0.1, 0.15) is 36.9 Å². The van der Waals surface area contributed by atoms with Crippen molar-refractivity contribution in [2.75, 3.05) is 5.32 Å². The molecule has 3 heterocycles. The molecule has 1 aliphatic carbocycles. The van der Waals surface area contributed by atoms with Gasteiger partial charge >= 0.3 is 0 Å². The minimum atomic E-state index is -0.310. The van der Waals surface area contributed by atoms with Crippen molar-refractivity contribution in [2.45, 2.75) is 32.1 Å². The van der Waals surface area contributed by atoms with Crippen molar-refractivity contribution in [1.82, 2.24) is 19.6 Å². The predicted octanol–water partition coefficient (Wildman–Crippen LogP) is 5.77. The number of halogens is 2. The zero-order valence-electron chi connectivity index (χ0n) is 15.9. The summed E-state index contributed by atoms with van der Waals surface area (Å²) in [7, 11) is 0. The molecule has 1 saturated carbocycles. The number of benzene rings is 1. The van der Waals surface area contributed by atoms with Gasteiger partial charge in [0.2, 0.25) is 5.95 Å². The maximum absolute atomic E-state index is 14.0. The number of nitrogens with zero attached hydrogens (tertiary/aromatic N) is 4. The van der Waals surface area contributed by atoms with Gasteiger partial charge in [0, 0.05) is 35.5 Å². The first-order chi connectivity index (χ1) is 14.1. The molecular formula is C22H19ClFN5. The highest BCUT2D eigenvalue weighted by molar-refractivity contribution is 6.29. The van der Waals surface area contributed by atoms with E-state index in [0.29, 0.717) is 28.2 Å². The van der Waals surface area contributed by atoms with Gasteiger partial charge in [-0.2, -0.15) is 5.10 Å². The summed E-state index contributed by atoms with van der Waals surface area (Å²) in [5.41, 5.74) is 5.21. The molecule has 0 unspecified atom stereocenters. The van der Waals surface area contributed by atoms with Gasteiger partial charge in [0.15, 0.2) is 0 Å². The van der Waals surface area contributed by atoms with E-state index in [1.165, 1.54) is 17.7 Å². The van der Waals surface area contributed by atoms with Gasteiger partial charge in [0.05, 0.1) is 16.9 Å². The van der Waals surface area contributed by atoms with Crippen molar-refractivity contribution in [3.8, 4) is 11.3 Å². The van der Waals surface area contributed by atoms with Gasteiger partial charge in [-0.15, -0.1) is 0 Å². The molecule has 1 aromatic carbocycles. The molecule has 3 aromatic heterocycles. The maximum Gasteiger partial charge on any atom is 0.229 e. The second-order valence-electron chi connectivity index (χ2n) is 7.28. The van der Waals surface area contributed by atoms with Gasteiger partial charge in [0.25, 0.3) is 0 Å². The van der Waals surface area contributed by atoms with Crippen LogP contribution in [-0.4, -0.2) is 19.6 Å². The van der Waals surface area contributed by atoms with E-state index in [4.69, 9.17) is 11.6 Å². The summed E-state index contributed by atoms with van der Waals surface area (Å²) in [5.74, 6) is 0.462. The van der Waals surface area contributed by atoms with E-state index in [1.807, 2.05) is 12.1 Å². The van der Waals surface area contributed by atoms with Gasteiger partial charge in [-0.1, -0.05) is 30.7 Å². The van der Waals surface area contributed by atoms with Gasteiger partial charge in [-0.05, 0) is 43.0 Å². The van der Waals surface area contributed by atoms with E-state index in [2.05, 4.69) is 39.4 Å². The fraction of sp³-hybridized carbons (Fsp3) is 0.227. The quantitative estimate of drug-likeness (QED) is 0.427. The Balaban J connectivity index is 1.59. The number of aromatic nitrogens is 4. The van der Waals surface area contributed by atoms with Gasteiger partial charge in [0.1, 0.15) is 11.0 Å². The molecule has 0 saturated heterocycles. The van der Waals surface area contributed by atoms with Crippen molar-refractivity contribution in [3.63, 3.8) is 0 Å². The largest absolute Gasteiger partial charge is 0.324 e. The van der Waals surface area contributed by atoms with Crippen LogP contribution in [0.3, 0.4) is 0 Å². The fourth-order valence-corrected chi connectivity index (χ4v) is 3.68. The second kappa shape index (κ2) is 7.12. The highest BCUT2D eigenvalue weighted by Gasteiger charge is 2.31. The lowest BCUT2D eigenvalue weighted by Crippen LogP contribution is -2.00.